The van der Waals surface area contributed by atoms with Crippen LogP contribution in [0.25, 0.3) is 11.3 Å². The summed E-state index contributed by atoms with van der Waals surface area (Å²) in [6.45, 7) is 4.07. The normalized spacial score (nSPS) is 13.2. The first-order valence-corrected chi connectivity index (χ1v) is 9.63. The molecule has 3 heterocycles. The fourth-order valence-corrected chi connectivity index (χ4v) is 3.96. The number of fused-ring (bicyclic) bond motifs is 1. The number of aromatic nitrogens is 1. The quantitative estimate of drug-likeness (QED) is 0.715. The van der Waals surface area contributed by atoms with Gasteiger partial charge in [-0.1, -0.05) is 0 Å². The molecule has 1 aliphatic heterocycles. The van der Waals surface area contributed by atoms with E-state index in [1.54, 1.807) is 29.7 Å². The molecule has 1 aliphatic rings. The minimum Gasteiger partial charge on any atom is -0.482 e. The zero-order valence-electron chi connectivity index (χ0n) is 15.5. The van der Waals surface area contributed by atoms with Crippen LogP contribution < -0.4 is 15.0 Å². The first-order chi connectivity index (χ1) is 13.5. The topological polar surface area (TPSA) is 84.7 Å². The summed E-state index contributed by atoms with van der Waals surface area (Å²) in [5.41, 5.74) is 2.34. The third kappa shape index (κ3) is 3.63. The van der Waals surface area contributed by atoms with Gasteiger partial charge in [-0.15, -0.1) is 11.3 Å². The minimum absolute atomic E-state index is 0.0889. The molecule has 0 saturated carbocycles. The van der Waals surface area contributed by atoms with Crippen molar-refractivity contribution in [2.45, 2.75) is 20.4 Å². The van der Waals surface area contributed by atoms with E-state index in [1.807, 2.05) is 32.0 Å². The lowest BCUT2D eigenvalue weighted by molar-refractivity contribution is -0.125. The fourth-order valence-electron chi connectivity index (χ4n) is 3.12. The number of thiazole rings is 1. The van der Waals surface area contributed by atoms with Crippen LogP contribution in [0.3, 0.4) is 0 Å². The molecule has 0 saturated heterocycles. The van der Waals surface area contributed by atoms with E-state index in [0.29, 0.717) is 17.2 Å². The highest BCUT2D eigenvalue weighted by Gasteiger charge is 2.28. The van der Waals surface area contributed by atoms with Crippen LogP contribution in [0.15, 0.2) is 41.0 Å². The van der Waals surface area contributed by atoms with E-state index < -0.39 is 0 Å². The Morgan fingerprint density at radius 3 is 2.89 bits per heavy atom. The van der Waals surface area contributed by atoms with Gasteiger partial charge in [0.05, 0.1) is 29.2 Å². The Bertz CT molecular complexity index is 1030. The molecule has 0 fully saturated rings. The Kier molecular flexibility index (Phi) is 4.87. The monoisotopic (exact) mass is 397 g/mol. The van der Waals surface area contributed by atoms with Crippen molar-refractivity contribution >= 4 is 28.8 Å². The standard InChI is InChI=1S/C20H19N3O4S/c1-12-20(22-13(2)28-12)14-5-6-17-16(8-14)23(19(25)11-27-17)10-18(24)21-9-15-4-3-7-26-15/h3-8H,9-11H2,1-2H3,(H,21,24). The van der Waals surface area contributed by atoms with Gasteiger partial charge in [-0.3, -0.25) is 14.5 Å². The molecule has 2 amide bonds. The van der Waals surface area contributed by atoms with Gasteiger partial charge in [0, 0.05) is 10.4 Å². The summed E-state index contributed by atoms with van der Waals surface area (Å²) in [7, 11) is 0. The number of nitrogens with one attached hydrogen (secondary N) is 1. The summed E-state index contributed by atoms with van der Waals surface area (Å²) in [5.74, 6) is 0.693. The van der Waals surface area contributed by atoms with Gasteiger partial charge in [0.15, 0.2) is 6.61 Å². The molecule has 1 aromatic carbocycles. The molecule has 0 spiro atoms. The highest BCUT2D eigenvalue weighted by Crippen LogP contribution is 2.37. The Balaban J connectivity index is 1.57. The van der Waals surface area contributed by atoms with Crippen LogP contribution in [-0.4, -0.2) is 29.9 Å². The van der Waals surface area contributed by atoms with Crippen molar-refractivity contribution in [3.63, 3.8) is 0 Å². The maximum atomic E-state index is 12.4. The molecule has 8 heteroatoms. The summed E-state index contributed by atoms with van der Waals surface area (Å²) in [5, 5.41) is 3.74. The van der Waals surface area contributed by atoms with Crippen molar-refractivity contribution in [3.8, 4) is 17.0 Å². The molecule has 0 atom stereocenters. The maximum Gasteiger partial charge on any atom is 0.265 e. The molecule has 0 bridgehead atoms. The van der Waals surface area contributed by atoms with Crippen LogP contribution >= 0.6 is 11.3 Å². The zero-order valence-corrected chi connectivity index (χ0v) is 16.3. The van der Waals surface area contributed by atoms with Gasteiger partial charge < -0.3 is 14.5 Å². The highest BCUT2D eigenvalue weighted by molar-refractivity contribution is 7.11. The van der Waals surface area contributed by atoms with E-state index in [0.717, 1.165) is 21.1 Å². The van der Waals surface area contributed by atoms with Crippen molar-refractivity contribution in [1.82, 2.24) is 10.3 Å². The highest BCUT2D eigenvalue weighted by atomic mass is 32.1. The molecular formula is C20H19N3O4S. The molecule has 7 nitrogen and oxygen atoms in total. The van der Waals surface area contributed by atoms with Gasteiger partial charge in [-0.2, -0.15) is 0 Å². The summed E-state index contributed by atoms with van der Waals surface area (Å²) >= 11 is 1.62. The number of furan rings is 1. The van der Waals surface area contributed by atoms with E-state index in [-0.39, 0.29) is 31.5 Å². The molecule has 3 aromatic rings. The first-order valence-electron chi connectivity index (χ1n) is 8.82. The SMILES string of the molecule is Cc1nc(-c2ccc3c(c2)N(CC(=O)NCc2ccco2)C(=O)CO3)c(C)s1. The number of carbonyl (C=O) groups is 2. The zero-order chi connectivity index (χ0) is 19.7. The molecule has 2 aromatic heterocycles. The number of amides is 2. The van der Waals surface area contributed by atoms with Crippen LogP contribution in [0.5, 0.6) is 5.75 Å². The lowest BCUT2D eigenvalue weighted by Gasteiger charge is -2.29. The number of benzene rings is 1. The summed E-state index contributed by atoms with van der Waals surface area (Å²) in [6.07, 6.45) is 1.55. The molecule has 144 valence electrons. The van der Waals surface area contributed by atoms with Crippen LogP contribution in [0.2, 0.25) is 0 Å². The largest absolute Gasteiger partial charge is 0.482 e. The second-order valence-electron chi connectivity index (χ2n) is 6.44. The lowest BCUT2D eigenvalue weighted by atomic mass is 10.1. The number of rotatable bonds is 5. The molecule has 0 aliphatic carbocycles. The number of ether oxygens (including phenoxy) is 1. The number of anilines is 1. The smallest absolute Gasteiger partial charge is 0.265 e. The first kappa shape index (κ1) is 18.2. The van der Waals surface area contributed by atoms with Crippen molar-refractivity contribution in [1.29, 1.82) is 0 Å². The van der Waals surface area contributed by atoms with E-state index >= 15 is 0 Å². The second kappa shape index (κ2) is 7.47. The molecule has 28 heavy (non-hydrogen) atoms. The van der Waals surface area contributed by atoms with Gasteiger partial charge in [-0.05, 0) is 44.2 Å². The van der Waals surface area contributed by atoms with Crippen LogP contribution in [0.4, 0.5) is 5.69 Å². The van der Waals surface area contributed by atoms with Crippen molar-refractivity contribution in [2.24, 2.45) is 0 Å². The molecule has 0 radical (unpaired) electrons. The maximum absolute atomic E-state index is 12.4. The molecular weight excluding hydrogens is 378 g/mol. The Morgan fingerprint density at radius 2 is 2.18 bits per heavy atom. The van der Waals surface area contributed by atoms with Gasteiger partial charge in [0.25, 0.3) is 5.91 Å². The number of nitrogens with zero attached hydrogens (tertiary/aromatic N) is 2. The van der Waals surface area contributed by atoms with Gasteiger partial charge in [0.1, 0.15) is 18.1 Å². The fraction of sp³-hybridized carbons (Fsp3) is 0.250. The van der Waals surface area contributed by atoms with Gasteiger partial charge in [0.2, 0.25) is 5.91 Å². The van der Waals surface area contributed by atoms with Crippen molar-refractivity contribution in [3.05, 3.63) is 52.2 Å². The lowest BCUT2D eigenvalue weighted by Crippen LogP contribution is -2.45. The van der Waals surface area contributed by atoms with E-state index in [4.69, 9.17) is 9.15 Å². The average molecular weight is 397 g/mol. The second-order valence-corrected chi connectivity index (χ2v) is 7.85. The molecule has 4 rings (SSSR count). The van der Waals surface area contributed by atoms with Crippen LogP contribution in [-0.2, 0) is 16.1 Å². The van der Waals surface area contributed by atoms with E-state index in [2.05, 4.69) is 10.3 Å². The van der Waals surface area contributed by atoms with Crippen molar-refractivity contribution in [2.75, 3.05) is 18.1 Å². The molecule has 1 N–H and O–H groups in total. The van der Waals surface area contributed by atoms with Gasteiger partial charge >= 0.3 is 0 Å². The number of hydrogen-bond donors (Lipinski definition) is 1. The Labute approximate surface area is 165 Å². The third-order valence-corrected chi connectivity index (χ3v) is 5.31. The van der Waals surface area contributed by atoms with Crippen LogP contribution in [0.1, 0.15) is 15.6 Å². The summed E-state index contributed by atoms with van der Waals surface area (Å²) in [4.78, 5) is 31.9. The Morgan fingerprint density at radius 1 is 1.32 bits per heavy atom. The predicted molar refractivity (Wildman–Crippen MR) is 105 cm³/mol. The third-order valence-electron chi connectivity index (χ3n) is 4.42. The van der Waals surface area contributed by atoms with Gasteiger partial charge in [-0.25, -0.2) is 4.98 Å². The molecule has 0 unspecified atom stereocenters. The number of carbonyl (C=O) groups excluding carboxylic acids is 2. The Hall–Kier alpha value is -3.13. The average Bonchev–Trinajstić information content (AvgIpc) is 3.31. The minimum atomic E-state index is -0.274. The summed E-state index contributed by atoms with van der Waals surface area (Å²) in [6, 6.07) is 9.13. The predicted octanol–water partition coefficient (Wildman–Crippen LogP) is 3.06. The number of aryl methyl sites for hydroxylation is 2. The van der Waals surface area contributed by atoms with E-state index in [1.165, 1.54) is 4.90 Å². The van der Waals surface area contributed by atoms with E-state index in [9.17, 15) is 9.59 Å². The van der Waals surface area contributed by atoms with Crippen molar-refractivity contribution < 1.29 is 18.7 Å². The van der Waals surface area contributed by atoms with Crippen LogP contribution in [0, 0.1) is 13.8 Å². The number of hydrogen-bond acceptors (Lipinski definition) is 6. The summed E-state index contributed by atoms with van der Waals surface area (Å²) < 4.78 is 10.7.